The van der Waals surface area contributed by atoms with Gasteiger partial charge in [0.15, 0.2) is 0 Å². The highest BCUT2D eigenvalue weighted by Crippen LogP contribution is 2.42. The summed E-state index contributed by atoms with van der Waals surface area (Å²) in [6.07, 6.45) is 3.89. The summed E-state index contributed by atoms with van der Waals surface area (Å²) in [5.74, 6) is 1.83. The van der Waals surface area contributed by atoms with Crippen LogP contribution in [0.5, 0.6) is 0 Å². The Hall–Kier alpha value is -6.51. The lowest BCUT2D eigenvalue weighted by Crippen LogP contribution is -2.48. The van der Waals surface area contributed by atoms with E-state index in [0.29, 0.717) is 11.7 Å². The van der Waals surface area contributed by atoms with Gasteiger partial charge in [0, 0.05) is 41.3 Å². The molecule has 0 saturated carbocycles. The van der Waals surface area contributed by atoms with Crippen molar-refractivity contribution in [1.82, 2.24) is 18.4 Å². The van der Waals surface area contributed by atoms with Gasteiger partial charge in [-0.3, -0.25) is 0 Å². The van der Waals surface area contributed by atoms with Crippen molar-refractivity contribution >= 4 is 80.9 Å². The summed E-state index contributed by atoms with van der Waals surface area (Å²) in [5.41, 5.74) is 8.49. The third kappa shape index (κ3) is 4.61. The molecule has 0 aliphatic carbocycles. The fourth-order valence-electron chi connectivity index (χ4n) is 7.76. The third-order valence-corrected chi connectivity index (χ3v) is 12.7. The van der Waals surface area contributed by atoms with Crippen molar-refractivity contribution in [1.29, 1.82) is 0 Å². The monoisotopic (exact) mass is 692 g/mol. The molecule has 52 heavy (non-hydrogen) atoms. The molecule has 0 aliphatic rings. The molecule has 5 heterocycles. The first kappa shape index (κ1) is 30.3. The molecule has 8 heteroatoms. The molecule has 5 aromatic heterocycles. The number of hydrogen-bond donors (Lipinski definition) is 0. The van der Waals surface area contributed by atoms with Gasteiger partial charge >= 0.3 is 5.78 Å². The number of para-hydroxylation sites is 2. The summed E-state index contributed by atoms with van der Waals surface area (Å²) in [6.45, 7) is 4.20. The van der Waals surface area contributed by atoms with E-state index in [2.05, 4.69) is 167 Å². The van der Waals surface area contributed by atoms with Crippen LogP contribution in [0.4, 0.5) is 17.5 Å². The zero-order chi connectivity index (χ0) is 34.9. The minimum Gasteiger partial charge on any atom is -0.431 e. The lowest BCUT2D eigenvalue weighted by Gasteiger charge is -2.21. The molecule has 251 valence electrons. The number of benzene rings is 5. The van der Waals surface area contributed by atoms with E-state index in [1.54, 1.807) is 6.26 Å². The lowest BCUT2D eigenvalue weighted by molar-refractivity contribution is 0.481. The van der Waals surface area contributed by atoms with Gasteiger partial charge in [-0.25, -0.2) is 9.88 Å². The minimum absolute atomic E-state index is 0.468. The molecule has 0 bridgehead atoms. The summed E-state index contributed by atoms with van der Waals surface area (Å²) in [7, 11) is 0.564. The molecule has 10 rings (SSSR count). The van der Waals surface area contributed by atoms with Crippen molar-refractivity contribution in [2.75, 3.05) is 4.90 Å². The summed E-state index contributed by atoms with van der Waals surface area (Å²) in [5, 5.41) is 5.92. The van der Waals surface area contributed by atoms with Crippen LogP contribution in [0.3, 0.4) is 0 Å². The first-order valence-corrected chi connectivity index (χ1v) is 18.9. The average molecular weight is 693 g/mol. The number of imidazole rings is 1. The van der Waals surface area contributed by atoms with E-state index in [0.717, 1.165) is 45.0 Å². The van der Waals surface area contributed by atoms with Gasteiger partial charge in [0.25, 0.3) is 0 Å². The van der Waals surface area contributed by atoms with Gasteiger partial charge in [0.1, 0.15) is 11.8 Å². The SMILES string of the molecule is Cc1cc(C)n(-c2coc3oc(N(c4ccccc4)c4nc5c(ccc6c7ccccc7n([Si](c7ccccc7)c7ccccc7)c65)n4C)cc23)c1. The number of anilines is 3. The van der Waals surface area contributed by atoms with Crippen molar-refractivity contribution in [2.24, 2.45) is 7.05 Å². The maximum absolute atomic E-state index is 6.54. The molecule has 0 N–H and O–H groups in total. The Morgan fingerprint density at radius 1 is 0.673 bits per heavy atom. The van der Waals surface area contributed by atoms with E-state index >= 15 is 0 Å². The van der Waals surface area contributed by atoms with Crippen LogP contribution in [0, 0.1) is 13.8 Å². The van der Waals surface area contributed by atoms with Crippen LogP contribution in [0.2, 0.25) is 0 Å². The molecular weight excluding hydrogens is 659 g/mol. The quantitative estimate of drug-likeness (QED) is 0.156. The molecule has 0 unspecified atom stereocenters. The van der Waals surface area contributed by atoms with Crippen LogP contribution in [0.15, 0.2) is 161 Å². The number of hydrogen-bond acceptors (Lipinski definition) is 4. The van der Waals surface area contributed by atoms with Crippen molar-refractivity contribution in [3.05, 3.63) is 163 Å². The van der Waals surface area contributed by atoms with Gasteiger partial charge in [0.05, 0.1) is 27.8 Å². The topological polar surface area (TPSA) is 57.2 Å². The van der Waals surface area contributed by atoms with Gasteiger partial charge < -0.3 is 22.2 Å². The predicted molar refractivity (Wildman–Crippen MR) is 213 cm³/mol. The molecule has 7 nitrogen and oxygen atoms in total. The Balaban J connectivity index is 1.24. The summed E-state index contributed by atoms with van der Waals surface area (Å²) < 4.78 is 19.5. The lowest BCUT2D eigenvalue weighted by atomic mass is 10.1. The van der Waals surface area contributed by atoms with E-state index in [1.807, 2.05) is 18.2 Å². The van der Waals surface area contributed by atoms with Crippen molar-refractivity contribution in [2.45, 2.75) is 13.8 Å². The van der Waals surface area contributed by atoms with Gasteiger partial charge in [-0.2, -0.15) is 0 Å². The van der Waals surface area contributed by atoms with Crippen LogP contribution >= 0.6 is 0 Å². The second-order valence-electron chi connectivity index (χ2n) is 13.3. The molecule has 0 fully saturated rings. The molecule has 1 radical (unpaired) electrons. The highest BCUT2D eigenvalue weighted by atomic mass is 28.3. The summed E-state index contributed by atoms with van der Waals surface area (Å²) in [6, 6.07) is 49.6. The maximum atomic E-state index is 6.54. The van der Waals surface area contributed by atoms with Gasteiger partial charge in [-0.15, -0.1) is 0 Å². The zero-order valence-electron chi connectivity index (χ0n) is 29.0. The minimum atomic E-state index is -1.52. The van der Waals surface area contributed by atoms with Gasteiger partial charge in [-0.1, -0.05) is 97.1 Å². The fourth-order valence-corrected chi connectivity index (χ4v) is 10.5. The van der Waals surface area contributed by atoms with Crippen LogP contribution < -0.4 is 15.3 Å². The van der Waals surface area contributed by atoms with Gasteiger partial charge in [-0.05, 0) is 66.2 Å². The van der Waals surface area contributed by atoms with Crippen LogP contribution in [0.1, 0.15) is 11.3 Å². The Morgan fingerprint density at radius 2 is 1.35 bits per heavy atom. The number of fused-ring (bicyclic) bond motifs is 6. The average Bonchev–Trinajstić information content (AvgIpc) is 3.99. The van der Waals surface area contributed by atoms with Crippen molar-refractivity contribution in [3.8, 4) is 5.69 Å². The molecule has 0 atom stereocenters. The van der Waals surface area contributed by atoms with E-state index in [4.69, 9.17) is 13.8 Å². The highest BCUT2D eigenvalue weighted by molar-refractivity contribution is 6.85. The molecule has 0 spiro atoms. The number of nitrogens with zero attached hydrogens (tertiary/aromatic N) is 5. The maximum Gasteiger partial charge on any atom is 0.301 e. The number of aromatic nitrogens is 4. The standard InChI is InChI=1S/C44H34N5O2Si/c1-29-25-30(2)47(27-29)39-28-50-43-36(39)26-40(51-43)48(31-15-7-4-8-16-31)44-45-41-38(46(44)3)24-23-35-34-21-13-14-22-37(34)49(42(35)41)52(32-17-9-5-10-18-32)33-19-11-6-12-20-33/h4-28H,1-3H3. The van der Waals surface area contributed by atoms with E-state index in [-0.39, 0.29) is 0 Å². The molecule has 0 amide bonds. The normalized spacial score (nSPS) is 11.9. The third-order valence-electron chi connectivity index (χ3n) is 10.1. The smallest absolute Gasteiger partial charge is 0.301 e. The molecule has 0 aliphatic heterocycles. The van der Waals surface area contributed by atoms with E-state index in [9.17, 15) is 0 Å². The van der Waals surface area contributed by atoms with Crippen LogP contribution in [-0.2, 0) is 7.05 Å². The summed E-state index contributed by atoms with van der Waals surface area (Å²) in [4.78, 5) is 7.65. The first-order chi connectivity index (χ1) is 25.5. The molecule has 5 aromatic carbocycles. The summed E-state index contributed by atoms with van der Waals surface area (Å²) >= 11 is 0. The Kier molecular flexibility index (Phi) is 6.87. The highest BCUT2D eigenvalue weighted by Gasteiger charge is 2.29. The second-order valence-corrected chi connectivity index (χ2v) is 15.6. The fraction of sp³-hybridized carbons (Fsp3) is 0.0682. The molecular formula is C44H34N5O2Si. The van der Waals surface area contributed by atoms with E-state index < -0.39 is 8.96 Å². The predicted octanol–water partition coefficient (Wildman–Crippen LogP) is 9.55. The first-order valence-electron chi connectivity index (χ1n) is 17.4. The van der Waals surface area contributed by atoms with Crippen LogP contribution in [0.25, 0.3) is 49.7 Å². The Labute approximate surface area is 301 Å². The van der Waals surface area contributed by atoms with E-state index in [1.165, 1.54) is 32.2 Å². The zero-order valence-corrected chi connectivity index (χ0v) is 30.0. The van der Waals surface area contributed by atoms with Crippen molar-refractivity contribution in [3.63, 3.8) is 0 Å². The number of rotatable bonds is 7. The number of furan rings is 2. The Morgan fingerprint density at radius 3 is 2.04 bits per heavy atom. The molecule has 0 saturated heterocycles. The Bertz CT molecular complexity index is 2860. The van der Waals surface area contributed by atoms with Crippen molar-refractivity contribution < 1.29 is 8.83 Å². The van der Waals surface area contributed by atoms with Crippen LogP contribution in [-0.4, -0.2) is 27.3 Å². The largest absolute Gasteiger partial charge is 0.431 e. The van der Waals surface area contributed by atoms with Gasteiger partial charge in [0.2, 0.25) is 20.8 Å². The second kappa shape index (κ2) is 11.8. The molecule has 10 aromatic rings. The number of aryl methyl sites for hydroxylation is 3.